The number of anilines is 2. The van der Waals surface area contributed by atoms with E-state index >= 15 is 0 Å². The number of ether oxygens (including phenoxy) is 1. The number of carbonyl (C=O) groups excluding carboxylic acids is 1. The number of aromatic nitrogens is 3. The van der Waals surface area contributed by atoms with Crippen LogP contribution in [0.3, 0.4) is 0 Å². The molecule has 1 fully saturated rings. The zero-order valence-corrected chi connectivity index (χ0v) is 17.0. The Morgan fingerprint density at radius 3 is 2.56 bits per heavy atom. The van der Waals surface area contributed by atoms with E-state index in [2.05, 4.69) is 38.8 Å². The Hall–Kier alpha value is -2.06. The Morgan fingerprint density at radius 2 is 1.93 bits per heavy atom. The van der Waals surface area contributed by atoms with Crippen molar-refractivity contribution in [3.05, 3.63) is 29.8 Å². The lowest BCUT2D eigenvalue weighted by molar-refractivity contribution is -0.115. The third-order valence-electron chi connectivity index (χ3n) is 4.59. The van der Waals surface area contributed by atoms with Crippen LogP contribution in [0.25, 0.3) is 0 Å². The van der Waals surface area contributed by atoms with Crippen molar-refractivity contribution in [1.82, 2.24) is 14.8 Å². The molecule has 1 N–H and O–H groups in total. The summed E-state index contributed by atoms with van der Waals surface area (Å²) < 4.78 is 7.48. The molecule has 1 saturated heterocycles. The number of nitrogens with zero attached hydrogens (tertiary/aromatic N) is 4. The standard InChI is InChI=1S/C19H27N5O2S/c1-4-15-6-8-16(9-7-15)20-17(25)14(3)27-19-22-21-18(24(19)5-2)23-10-12-26-13-11-23/h6-9,14H,4-5,10-13H2,1-3H3,(H,20,25)/t14-/m0/s1. The van der Waals surface area contributed by atoms with Gasteiger partial charge in [0.05, 0.1) is 18.5 Å². The average Bonchev–Trinajstić information content (AvgIpc) is 3.11. The molecule has 1 aromatic heterocycles. The number of hydrogen-bond acceptors (Lipinski definition) is 6. The molecule has 1 aliphatic rings. The molecule has 0 spiro atoms. The number of nitrogens with one attached hydrogen (secondary N) is 1. The van der Waals surface area contributed by atoms with Crippen LogP contribution in [-0.4, -0.2) is 52.2 Å². The first-order valence-corrected chi connectivity index (χ1v) is 10.3. The van der Waals surface area contributed by atoms with Crippen molar-refractivity contribution >= 4 is 29.3 Å². The maximum absolute atomic E-state index is 12.6. The first kappa shape index (κ1) is 19.7. The Kier molecular flexibility index (Phi) is 6.73. The summed E-state index contributed by atoms with van der Waals surface area (Å²) in [6.07, 6.45) is 0.985. The molecule has 1 amide bonds. The second-order valence-corrected chi connectivity index (χ2v) is 7.73. The second-order valence-electron chi connectivity index (χ2n) is 6.43. The van der Waals surface area contributed by atoms with E-state index < -0.39 is 0 Å². The van der Waals surface area contributed by atoms with E-state index in [1.807, 2.05) is 31.2 Å². The summed E-state index contributed by atoms with van der Waals surface area (Å²) in [4.78, 5) is 14.7. The monoisotopic (exact) mass is 389 g/mol. The SMILES string of the molecule is CCc1ccc(NC(=O)[C@H](C)Sc2nnc(N3CCOCC3)n2CC)cc1. The van der Waals surface area contributed by atoms with E-state index in [0.29, 0.717) is 13.2 Å². The van der Waals surface area contributed by atoms with Gasteiger partial charge < -0.3 is 15.0 Å². The Bertz CT molecular complexity index is 756. The van der Waals surface area contributed by atoms with Gasteiger partial charge in [0.2, 0.25) is 11.9 Å². The van der Waals surface area contributed by atoms with Crippen molar-refractivity contribution in [2.45, 2.75) is 44.1 Å². The molecule has 2 heterocycles. The van der Waals surface area contributed by atoms with Crippen molar-refractivity contribution in [2.75, 3.05) is 36.5 Å². The summed E-state index contributed by atoms with van der Waals surface area (Å²) in [6, 6.07) is 7.96. The van der Waals surface area contributed by atoms with Crippen molar-refractivity contribution in [2.24, 2.45) is 0 Å². The molecule has 1 aromatic carbocycles. The highest BCUT2D eigenvalue weighted by Crippen LogP contribution is 2.26. The van der Waals surface area contributed by atoms with Crippen LogP contribution in [0.4, 0.5) is 11.6 Å². The van der Waals surface area contributed by atoms with Crippen LogP contribution < -0.4 is 10.2 Å². The number of carbonyl (C=O) groups is 1. The van der Waals surface area contributed by atoms with Gasteiger partial charge in [-0.2, -0.15) is 0 Å². The molecule has 8 heteroatoms. The van der Waals surface area contributed by atoms with Crippen molar-refractivity contribution < 1.29 is 9.53 Å². The van der Waals surface area contributed by atoms with Gasteiger partial charge in [-0.15, -0.1) is 10.2 Å². The molecular formula is C19H27N5O2S. The van der Waals surface area contributed by atoms with E-state index in [1.165, 1.54) is 17.3 Å². The van der Waals surface area contributed by atoms with E-state index in [9.17, 15) is 4.79 Å². The fraction of sp³-hybridized carbons (Fsp3) is 0.526. The second kappa shape index (κ2) is 9.23. The average molecular weight is 390 g/mol. The fourth-order valence-corrected chi connectivity index (χ4v) is 3.83. The molecule has 1 atom stereocenters. The Balaban J connectivity index is 1.64. The maximum Gasteiger partial charge on any atom is 0.237 e. The zero-order valence-electron chi connectivity index (χ0n) is 16.1. The molecule has 0 bridgehead atoms. The van der Waals surface area contributed by atoms with E-state index in [4.69, 9.17) is 4.74 Å². The molecule has 0 aliphatic carbocycles. The van der Waals surface area contributed by atoms with Gasteiger partial charge in [-0.3, -0.25) is 9.36 Å². The van der Waals surface area contributed by atoms with Gasteiger partial charge in [0.15, 0.2) is 5.16 Å². The number of rotatable bonds is 7. The molecular weight excluding hydrogens is 362 g/mol. The predicted molar refractivity (Wildman–Crippen MR) is 108 cm³/mol. The third kappa shape index (κ3) is 4.81. The van der Waals surface area contributed by atoms with E-state index in [1.54, 1.807) is 0 Å². The molecule has 27 heavy (non-hydrogen) atoms. The number of aryl methyl sites for hydroxylation is 1. The van der Waals surface area contributed by atoms with Crippen LogP contribution in [0.5, 0.6) is 0 Å². The predicted octanol–water partition coefficient (Wildman–Crippen LogP) is 2.82. The number of thioether (sulfide) groups is 1. The third-order valence-corrected chi connectivity index (χ3v) is 5.67. The Morgan fingerprint density at radius 1 is 1.22 bits per heavy atom. The van der Waals surface area contributed by atoms with Crippen LogP contribution in [0, 0.1) is 0 Å². The number of benzene rings is 1. The van der Waals surface area contributed by atoms with Crippen LogP contribution in [0.2, 0.25) is 0 Å². The normalized spacial score (nSPS) is 15.6. The zero-order chi connectivity index (χ0) is 19.2. The van der Waals surface area contributed by atoms with Gasteiger partial charge in [-0.1, -0.05) is 30.8 Å². The summed E-state index contributed by atoms with van der Waals surface area (Å²) in [7, 11) is 0. The van der Waals surface area contributed by atoms with Gasteiger partial charge in [0, 0.05) is 25.3 Å². The van der Waals surface area contributed by atoms with E-state index in [-0.39, 0.29) is 11.2 Å². The minimum absolute atomic E-state index is 0.0391. The molecule has 0 saturated carbocycles. The lowest BCUT2D eigenvalue weighted by Crippen LogP contribution is -2.38. The molecule has 7 nitrogen and oxygen atoms in total. The number of amides is 1. The maximum atomic E-state index is 12.6. The van der Waals surface area contributed by atoms with Crippen molar-refractivity contribution in [3.63, 3.8) is 0 Å². The summed E-state index contributed by atoms with van der Waals surface area (Å²) in [5.41, 5.74) is 2.07. The summed E-state index contributed by atoms with van der Waals surface area (Å²) in [6.45, 7) is 9.86. The molecule has 146 valence electrons. The summed E-state index contributed by atoms with van der Waals surface area (Å²) in [5.74, 6) is 0.814. The molecule has 0 unspecified atom stereocenters. The lowest BCUT2D eigenvalue weighted by Gasteiger charge is -2.27. The number of hydrogen-bond donors (Lipinski definition) is 1. The van der Waals surface area contributed by atoms with Gasteiger partial charge in [0.25, 0.3) is 0 Å². The van der Waals surface area contributed by atoms with Crippen molar-refractivity contribution in [3.8, 4) is 0 Å². The molecule has 1 aliphatic heterocycles. The van der Waals surface area contributed by atoms with Gasteiger partial charge in [-0.05, 0) is 38.0 Å². The topological polar surface area (TPSA) is 72.3 Å². The highest BCUT2D eigenvalue weighted by molar-refractivity contribution is 8.00. The van der Waals surface area contributed by atoms with Crippen LogP contribution in [-0.2, 0) is 22.5 Å². The van der Waals surface area contributed by atoms with Crippen LogP contribution in [0.1, 0.15) is 26.3 Å². The van der Waals surface area contributed by atoms with Gasteiger partial charge in [-0.25, -0.2) is 0 Å². The van der Waals surface area contributed by atoms with Gasteiger partial charge in [0.1, 0.15) is 0 Å². The minimum atomic E-state index is -0.275. The quantitative estimate of drug-likeness (QED) is 0.734. The van der Waals surface area contributed by atoms with Crippen LogP contribution in [0.15, 0.2) is 29.4 Å². The first-order valence-electron chi connectivity index (χ1n) is 9.44. The van der Waals surface area contributed by atoms with E-state index in [0.717, 1.165) is 42.8 Å². The smallest absolute Gasteiger partial charge is 0.237 e. The Labute approximate surface area is 164 Å². The largest absolute Gasteiger partial charge is 0.378 e. The first-order chi connectivity index (χ1) is 13.1. The summed E-state index contributed by atoms with van der Waals surface area (Å²) >= 11 is 1.43. The van der Waals surface area contributed by atoms with Gasteiger partial charge >= 0.3 is 0 Å². The molecule has 2 aromatic rings. The molecule has 0 radical (unpaired) electrons. The fourth-order valence-electron chi connectivity index (χ4n) is 2.92. The van der Waals surface area contributed by atoms with Crippen molar-refractivity contribution in [1.29, 1.82) is 0 Å². The highest BCUT2D eigenvalue weighted by Gasteiger charge is 2.23. The molecule has 3 rings (SSSR count). The lowest BCUT2D eigenvalue weighted by atomic mass is 10.1. The highest BCUT2D eigenvalue weighted by atomic mass is 32.2. The van der Waals surface area contributed by atoms with Crippen LogP contribution >= 0.6 is 11.8 Å². The summed E-state index contributed by atoms with van der Waals surface area (Å²) in [5, 5.41) is 12.2. The number of morpholine rings is 1. The minimum Gasteiger partial charge on any atom is -0.378 e.